The van der Waals surface area contributed by atoms with Crippen LogP contribution in [0.25, 0.3) is 0 Å². The summed E-state index contributed by atoms with van der Waals surface area (Å²) in [6.07, 6.45) is 1.62. The quantitative estimate of drug-likeness (QED) is 0.768. The van der Waals surface area contributed by atoms with E-state index in [1.807, 2.05) is 13.0 Å². The summed E-state index contributed by atoms with van der Waals surface area (Å²) in [6.45, 7) is 3.63. The van der Waals surface area contributed by atoms with Gasteiger partial charge < -0.3 is 9.84 Å². The van der Waals surface area contributed by atoms with Gasteiger partial charge >= 0.3 is 11.9 Å². The molecule has 2 atom stereocenters. The van der Waals surface area contributed by atoms with Gasteiger partial charge in [-0.2, -0.15) is 0 Å². The number of hydrogen-bond donors (Lipinski definition) is 1. The standard InChI is InChI=1S/C15H20O4/c1-3-4-10-13(14(16)17)11(2)19-15(18)12-8-6-5-7-9-12/h5-9,11,13H,3-4,10H2,1-2H3,(H,16,17). The maximum atomic E-state index is 11.8. The largest absolute Gasteiger partial charge is 0.481 e. The Labute approximate surface area is 113 Å². The smallest absolute Gasteiger partial charge is 0.338 e. The number of carbonyl (C=O) groups is 2. The number of unbranched alkanes of at least 4 members (excludes halogenated alkanes) is 1. The number of aliphatic carboxylic acids is 1. The molecule has 0 aliphatic heterocycles. The molecule has 0 aromatic heterocycles. The highest BCUT2D eigenvalue weighted by molar-refractivity contribution is 5.89. The fourth-order valence-electron chi connectivity index (χ4n) is 1.88. The molecule has 4 nitrogen and oxygen atoms in total. The van der Waals surface area contributed by atoms with Gasteiger partial charge in [0.05, 0.1) is 11.5 Å². The SMILES string of the molecule is CCCCC(C(=O)O)C(C)OC(=O)c1ccccc1. The molecule has 1 aromatic rings. The lowest BCUT2D eigenvalue weighted by Gasteiger charge is -2.20. The van der Waals surface area contributed by atoms with Crippen LogP contribution in [0.1, 0.15) is 43.5 Å². The van der Waals surface area contributed by atoms with Crippen molar-refractivity contribution in [1.82, 2.24) is 0 Å². The molecule has 2 unspecified atom stereocenters. The second-order valence-corrected chi connectivity index (χ2v) is 4.56. The average Bonchev–Trinajstić information content (AvgIpc) is 2.39. The molecule has 19 heavy (non-hydrogen) atoms. The Morgan fingerprint density at radius 3 is 2.42 bits per heavy atom. The molecule has 0 bridgehead atoms. The lowest BCUT2D eigenvalue weighted by atomic mass is 9.97. The monoisotopic (exact) mass is 264 g/mol. The van der Waals surface area contributed by atoms with E-state index < -0.39 is 24.0 Å². The van der Waals surface area contributed by atoms with E-state index in [0.717, 1.165) is 12.8 Å². The lowest BCUT2D eigenvalue weighted by Crippen LogP contribution is -2.30. The van der Waals surface area contributed by atoms with Crippen LogP contribution in [0.2, 0.25) is 0 Å². The number of carboxylic acids is 1. The Balaban J connectivity index is 2.63. The topological polar surface area (TPSA) is 63.6 Å². The molecule has 0 amide bonds. The van der Waals surface area contributed by atoms with Crippen LogP contribution in [0.3, 0.4) is 0 Å². The Hall–Kier alpha value is -1.84. The van der Waals surface area contributed by atoms with Crippen LogP contribution in [0.4, 0.5) is 0 Å². The predicted molar refractivity (Wildman–Crippen MR) is 72.0 cm³/mol. The van der Waals surface area contributed by atoms with Crippen LogP contribution < -0.4 is 0 Å². The van der Waals surface area contributed by atoms with E-state index in [4.69, 9.17) is 9.84 Å². The number of carbonyl (C=O) groups excluding carboxylic acids is 1. The highest BCUT2D eigenvalue weighted by Crippen LogP contribution is 2.17. The van der Waals surface area contributed by atoms with E-state index >= 15 is 0 Å². The molecule has 0 radical (unpaired) electrons. The van der Waals surface area contributed by atoms with E-state index in [1.165, 1.54) is 0 Å². The minimum absolute atomic E-state index is 0.439. The highest BCUT2D eigenvalue weighted by atomic mass is 16.5. The van der Waals surface area contributed by atoms with Crippen molar-refractivity contribution in [2.24, 2.45) is 5.92 Å². The Morgan fingerprint density at radius 1 is 1.26 bits per heavy atom. The third-order valence-corrected chi connectivity index (χ3v) is 3.05. The first-order valence-corrected chi connectivity index (χ1v) is 6.55. The maximum absolute atomic E-state index is 11.8. The molecule has 4 heteroatoms. The number of rotatable bonds is 7. The van der Waals surface area contributed by atoms with E-state index in [0.29, 0.717) is 12.0 Å². The molecule has 0 saturated carbocycles. The predicted octanol–water partition coefficient (Wildman–Crippen LogP) is 3.12. The van der Waals surface area contributed by atoms with Gasteiger partial charge in [0.25, 0.3) is 0 Å². The third kappa shape index (κ3) is 4.73. The van der Waals surface area contributed by atoms with Crippen molar-refractivity contribution in [3.05, 3.63) is 35.9 Å². The molecule has 0 spiro atoms. The van der Waals surface area contributed by atoms with Crippen LogP contribution in [0, 0.1) is 5.92 Å². The number of esters is 1. The first-order valence-electron chi connectivity index (χ1n) is 6.55. The second-order valence-electron chi connectivity index (χ2n) is 4.56. The fraction of sp³-hybridized carbons (Fsp3) is 0.467. The normalized spacial score (nSPS) is 13.6. The number of carboxylic acid groups (broad SMARTS) is 1. The Bertz CT molecular complexity index is 413. The first-order chi connectivity index (χ1) is 9.06. The van der Waals surface area contributed by atoms with Crippen LogP contribution in [-0.4, -0.2) is 23.1 Å². The van der Waals surface area contributed by atoms with Crippen molar-refractivity contribution >= 4 is 11.9 Å². The third-order valence-electron chi connectivity index (χ3n) is 3.05. The van der Waals surface area contributed by atoms with Gasteiger partial charge in [0, 0.05) is 0 Å². The van der Waals surface area contributed by atoms with Crippen molar-refractivity contribution in [2.45, 2.75) is 39.2 Å². The molecule has 0 saturated heterocycles. The van der Waals surface area contributed by atoms with Crippen molar-refractivity contribution in [3.8, 4) is 0 Å². The minimum atomic E-state index is -0.915. The van der Waals surface area contributed by atoms with E-state index in [-0.39, 0.29) is 0 Å². The lowest BCUT2D eigenvalue weighted by molar-refractivity contribution is -0.145. The molecular weight excluding hydrogens is 244 g/mol. The molecule has 0 aliphatic carbocycles. The van der Waals surface area contributed by atoms with Gasteiger partial charge in [-0.05, 0) is 25.5 Å². The summed E-state index contributed by atoms with van der Waals surface area (Å²) < 4.78 is 5.24. The van der Waals surface area contributed by atoms with Crippen molar-refractivity contribution in [1.29, 1.82) is 0 Å². The van der Waals surface area contributed by atoms with Gasteiger partial charge in [-0.1, -0.05) is 38.0 Å². The van der Waals surface area contributed by atoms with E-state index in [2.05, 4.69) is 0 Å². The van der Waals surface area contributed by atoms with Gasteiger partial charge in [-0.15, -0.1) is 0 Å². The van der Waals surface area contributed by atoms with Gasteiger partial charge in [-0.25, -0.2) is 4.79 Å². The van der Waals surface area contributed by atoms with Gasteiger partial charge in [0.2, 0.25) is 0 Å². The highest BCUT2D eigenvalue weighted by Gasteiger charge is 2.27. The van der Waals surface area contributed by atoms with E-state index in [9.17, 15) is 9.59 Å². The van der Waals surface area contributed by atoms with Crippen LogP contribution in [0.5, 0.6) is 0 Å². The molecule has 0 heterocycles. The number of benzene rings is 1. The molecule has 0 fully saturated rings. The zero-order valence-corrected chi connectivity index (χ0v) is 11.3. The molecule has 1 aromatic carbocycles. The maximum Gasteiger partial charge on any atom is 0.338 e. The zero-order valence-electron chi connectivity index (χ0n) is 11.3. The summed E-state index contributed by atoms with van der Waals surface area (Å²) in [5, 5.41) is 9.16. The van der Waals surface area contributed by atoms with Crippen LogP contribution in [0.15, 0.2) is 30.3 Å². The summed E-state index contributed by atoms with van der Waals surface area (Å²) >= 11 is 0. The number of hydrogen-bond acceptors (Lipinski definition) is 3. The van der Waals surface area contributed by atoms with Crippen molar-refractivity contribution in [2.75, 3.05) is 0 Å². The second kappa shape index (κ2) is 7.56. The minimum Gasteiger partial charge on any atom is -0.481 e. The van der Waals surface area contributed by atoms with Gasteiger partial charge in [-0.3, -0.25) is 4.79 Å². The van der Waals surface area contributed by atoms with Gasteiger partial charge in [0.15, 0.2) is 0 Å². The molecule has 1 rings (SSSR count). The number of ether oxygens (including phenoxy) is 1. The molecular formula is C15H20O4. The molecule has 0 aliphatic rings. The fourth-order valence-corrected chi connectivity index (χ4v) is 1.88. The van der Waals surface area contributed by atoms with Gasteiger partial charge in [0.1, 0.15) is 6.10 Å². The van der Waals surface area contributed by atoms with E-state index in [1.54, 1.807) is 31.2 Å². The van der Waals surface area contributed by atoms with Crippen molar-refractivity contribution < 1.29 is 19.4 Å². The van der Waals surface area contributed by atoms with Crippen molar-refractivity contribution in [3.63, 3.8) is 0 Å². The Morgan fingerprint density at radius 2 is 1.89 bits per heavy atom. The molecule has 1 N–H and O–H groups in total. The first kappa shape index (κ1) is 15.2. The summed E-state index contributed by atoms with van der Waals surface area (Å²) in [4.78, 5) is 23.0. The van der Waals surface area contributed by atoms with Crippen LogP contribution in [-0.2, 0) is 9.53 Å². The van der Waals surface area contributed by atoms with Crippen LogP contribution >= 0.6 is 0 Å². The summed E-state index contributed by atoms with van der Waals surface area (Å²) in [6, 6.07) is 8.59. The zero-order chi connectivity index (χ0) is 14.3. The summed E-state index contributed by atoms with van der Waals surface area (Å²) in [7, 11) is 0. The molecule has 104 valence electrons. The summed E-state index contributed by atoms with van der Waals surface area (Å²) in [5.74, 6) is -2.04. The Kier molecular flexibility index (Phi) is 6.06. The summed E-state index contributed by atoms with van der Waals surface area (Å²) in [5.41, 5.74) is 0.439. The average molecular weight is 264 g/mol.